The van der Waals surface area contributed by atoms with E-state index in [4.69, 9.17) is 0 Å². The zero-order valence-electron chi connectivity index (χ0n) is 12.2. The molecule has 114 valence electrons. The van der Waals surface area contributed by atoms with Gasteiger partial charge in [-0.3, -0.25) is 14.5 Å². The molecule has 1 aliphatic heterocycles. The summed E-state index contributed by atoms with van der Waals surface area (Å²) in [7, 11) is 0. The summed E-state index contributed by atoms with van der Waals surface area (Å²) < 4.78 is 13.7. The van der Waals surface area contributed by atoms with Crippen LogP contribution in [0.25, 0.3) is 0 Å². The molecule has 1 fully saturated rings. The first-order chi connectivity index (χ1) is 9.86. The molecular weight excluding hydrogens is 339 g/mol. The summed E-state index contributed by atoms with van der Waals surface area (Å²) in [6.45, 7) is 5.61. The Hall–Kier alpha value is -1.43. The number of carbonyl (C=O) groups excluding carboxylic acids is 2. The first kappa shape index (κ1) is 15.9. The fourth-order valence-electron chi connectivity index (χ4n) is 2.56. The Morgan fingerprint density at radius 3 is 2.57 bits per heavy atom. The quantitative estimate of drug-likeness (QED) is 0.905. The maximum Gasteiger partial charge on any atom is 0.250 e. The molecule has 2 rings (SSSR count). The molecule has 0 aliphatic carbocycles. The molecule has 1 aliphatic rings. The molecule has 1 saturated heterocycles. The van der Waals surface area contributed by atoms with Gasteiger partial charge in [0.05, 0.1) is 5.69 Å². The van der Waals surface area contributed by atoms with Crippen molar-refractivity contribution in [3.8, 4) is 0 Å². The maximum atomic E-state index is 13.3. The number of anilines is 1. The van der Waals surface area contributed by atoms with E-state index in [2.05, 4.69) is 21.2 Å². The van der Waals surface area contributed by atoms with Gasteiger partial charge in [0.15, 0.2) is 0 Å². The second kappa shape index (κ2) is 6.13. The van der Waals surface area contributed by atoms with Crippen LogP contribution in [0.2, 0.25) is 0 Å². The van der Waals surface area contributed by atoms with E-state index >= 15 is 0 Å². The highest BCUT2D eigenvalue weighted by Gasteiger charge is 2.42. The van der Waals surface area contributed by atoms with E-state index in [1.165, 1.54) is 23.1 Å². The Labute approximate surface area is 131 Å². The van der Waals surface area contributed by atoms with Crippen molar-refractivity contribution in [1.82, 2.24) is 5.32 Å². The molecular formula is C15H18BrFN2O2. The van der Waals surface area contributed by atoms with Gasteiger partial charge < -0.3 is 5.32 Å². The first-order valence-corrected chi connectivity index (χ1v) is 7.74. The van der Waals surface area contributed by atoms with Crippen molar-refractivity contribution in [2.45, 2.75) is 39.3 Å². The van der Waals surface area contributed by atoms with Gasteiger partial charge in [0.1, 0.15) is 17.9 Å². The standard InChI is InChI=1S/C15H18BrFN2O2/c1-4-11-15(21)19(13(8(2)3)14(20)18-11)12-6-5-9(17)7-10(12)16/h5-8,11,13H,4H2,1-3H3,(H,18,20). The molecule has 0 radical (unpaired) electrons. The lowest BCUT2D eigenvalue weighted by Crippen LogP contribution is -2.65. The lowest BCUT2D eigenvalue weighted by molar-refractivity contribution is -0.134. The van der Waals surface area contributed by atoms with E-state index in [1.54, 1.807) is 0 Å². The molecule has 2 unspecified atom stereocenters. The van der Waals surface area contributed by atoms with Crippen LogP contribution < -0.4 is 10.2 Å². The monoisotopic (exact) mass is 356 g/mol. The van der Waals surface area contributed by atoms with Crippen molar-refractivity contribution >= 4 is 33.4 Å². The number of rotatable bonds is 3. The first-order valence-electron chi connectivity index (χ1n) is 6.95. The van der Waals surface area contributed by atoms with Crippen LogP contribution in [-0.2, 0) is 9.59 Å². The van der Waals surface area contributed by atoms with Crippen molar-refractivity contribution in [3.63, 3.8) is 0 Å². The molecule has 2 atom stereocenters. The van der Waals surface area contributed by atoms with Crippen molar-refractivity contribution in [1.29, 1.82) is 0 Å². The van der Waals surface area contributed by atoms with Crippen LogP contribution in [0.1, 0.15) is 27.2 Å². The van der Waals surface area contributed by atoms with Crippen molar-refractivity contribution in [2.75, 3.05) is 4.90 Å². The van der Waals surface area contributed by atoms with Gasteiger partial charge >= 0.3 is 0 Å². The van der Waals surface area contributed by atoms with Crippen LogP contribution in [0, 0.1) is 11.7 Å². The normalized spacial score (nSPS) is 22.7. The molecule has 0 spiro atoms. The van der Waals surface area contributed by atoms with Gasteiger partial charge in [-0.25, -0.2) is 4.39 Å². The van der Waals surface area contributed by atoms with Crippen LogP contribution in [0.4, 0.5) is 10.1 Å². The van der Waals surface area contributed by atoms with E-state index in [0.717, 1.165) is 0 Å². The van der Waals surface area contributed by atoms with Gasteiger partial charge in [0, 0.05) is 4.47 Å². The maximum absolute atomic E-state index is 13.3. The molecule has 1 heterocycles. The topological polar surface area (TPSA) is 49.4 Å². The van der Waals surface area contributed by atoms with Gasteiger partial charge in [0.2, 0.25) is 11.8 Å². The summed E-state index contributed by atoms with van der Waals surface area (Å²) in [4.78, 5) is 26.5. The van der Waals surface area contributed by atoms with Crippen LogP contribution in [-0.4, -0.2) is 23.9 Å². The van der Waals surface area contributed by atoms with Crippen LogP contribution >= 0.6 is 15.9 Å². The molecule has 1 aromatic rings. The fraction of sp³-hybridized carbons (Fsp3) is 0.467. The van der Waals surface area contributed by atoms with E-state index in [0.29, 0.717) is 16.6 Å². The summed E-state index contributed by atoms with van der Waals surface area (Å²) in [6.07, 6.45) is 0.519. The molecule has 1 aromatic carbocycles. The van der Waals surface area contributed by atoms with E-state index in [-0.39, 0.29) is 17.7 Å². The molecule has 6 heteroatoms. The van der Waals surface area contributed by atoms with Gasteiger partial charge in [-0.2, -0.15) is 0 Å². The third-order valence-corrected chi connectivity index (χ3v) is 4.24. The van der Waals surface area contributed by atoms with E-state index in [9.17, 15) is 14.0 Å². The van der Waals surface area contributed by atoms with Crippen molar-refractivity contribution in [2.24, 2.45) is 5.92 Å². The molecule has 1 N–H and O–H groups in total. The molecule has 0 saturated carbocycles. The van der Waals surface area contributed by atoms with Gasteiger partial charge in [-0.15, -0.1) is 0 Å². The lowest BCUT2D eigenvalue weighted by atomic mass is 9.95. The van der Waals surface area contributed by atoms with E-state index in [1.807, 2.05) is 20.8 Å². The Kier molecular flexibility index (Phi) is 4.66. The lowest BCUT2D eigenvalue weighted by Gasteiger charge is -2.41. The predicted molar refractivity (Wildman–Crippen MR) is 82.4 cm³/mol. The summed E-state index contributed by atoms with van der Waals surface area (Å²) in [5.74, 6) is -0.785. The summed E-state index contributed by atoms with van der Waals surface area (Å²) in [5, 5.41) is 2.76. The number of amides is 2. The fourth-order valence-corrected chi connectivity index (χ4v) is 3.11. The molecule has 0 aromatic heterocycles. The zero-order valence-corrected chi connectivity index (χ0v) is 13.8. The van der Waals surface area contributed by atoms with Gasteiger partial charge in [-0.1, -0.05) is 20.8 Å². The molecule has 2 amide bonds. The number of nitrogens with one attached hydrogen (secondary N) is 1. The summed E-state index contributed by atoms with van der Waals surface area (Å²) in [6, 6.07) is 2.98. The van der Waals surface area contributed by atoms with Crippen molar-refractivity contribution in [3.05, 3.63) is 28.5 Å². The third kappa shape index (κ3) is 2.95. The average Bonchev–Trinajstić information content (AvgIpc) is 2.40. The predicted octanol–water partition coefficient (Wildman–Crippen LogP) is 2.85. The third-order valence-electron chi connectivity index (χ3n) is 3.61. The minimum Gasteiger partial charge on any atom is -0.342 e. The van der Waals surface area contributed by atoms with Crippen molar-refractivity contribution < 1.29 is 14.0 Å². The second-order valence-electron chi connectivity index (χ2n) is 5.46. The van der Waals surface area contributed by atoms with E-state index < -0.39 is 17.9 Å². The Morgan fingerprint density at radius 1 is 1.38 bits per heavy atom. The number of hydrogen-bond acceptors (Lipinski definition) is 2. The number of hydrogen-bond donors (Lipinski definition) is 1. The summed E-state index contributed by atoms with van der Waals surface area (Å²) in [5.41, 5.74) is 0.522. The molecule has 21 heavy (non-hydrogen) atoms. The Morgan fingerprint density at radius 2 is 2.05 bits per heavy atom. The largest absolute Gasteiger partial charge is 0.342 e. The highest BCUT2D eigenvalue weighted by Crippen LogP contribution is 2.32. The number of piperazine rings is 1. The van der Waals surface area contributed by atoms with Gasteiger partial charge in [0.25, 0.3) is 0 Å². The highest BCUT2D eigenvalue weighted by atomic mass is 79.9. The number of carbonyl (C=O) groups is 2. The summed E-state index contributed by atoms with van der Waals surface area (Å²) >= 11 is 3.28. The highest BCUT2D eigenvalue weighted by molar-refractivity contribution is 9.10. The molecule has 4 nitrogen and oxygen atoms in total. The van der Waals surface area contributed by atoms with Crippen LogP contribution in [0.15, 0.2) is 22.7 Å². The smallest absolute Gasteiger partial charge is 0.250 e. The SMILES string of the molecule is CCC1NC(=O)C(C(C)C)N(c2ccc(F)cc2Br)C1=O. The van der Waals surface area contributed by atoms with Crippen LogP contribution in [0.5, 0.6) is 0 Å². The zero-order chi connectivity index (χ0) is 15.7. The number of halogens is 2. The minimum absolute atomic E-state index is 0.0521. The molecule has 0 bridgehead atoms. The van der Waals surface area contributed by atoms with Crippen LogP contribution in [0.3, 0.4) is 0 Å². The number of benzene rings is 1. The Balaban J connectivity index is 2.52. The number of nitrogens with zero attached hydrogens (tertiary/aromatic N) is 1. The Bertz CT molecular complexity index is 577. The minimum atomic E-state index is -0.595. The average molecular weight is 357 g/mol. The van der Waals surface area contributed by atoms with Gasteiger partial charge in [-0.05, 0) is 46.5 Å². The second-order valence-corrected chi connectivity index (χ2v) is 6.32.